The first-order valence-electron chi connectivity index (χ1n) is 35.2. The highest BCUT2D eigenvalue weighted by molar-refractivity contribution is 5.67. The zero-order valence-electron chi connectivity index (χ0n) is 57.2. The van der Waals surface area contributed by atoms with Crippen LogP contribution in [0.3, 0.4) is 0 Å². The van der Waals surface area contributed by atoms with E-state index < -0.39 is 37.8 Å². The number of alkyl halides is 9. The molecule has 6 aliphatic carbocycles. The van der Waals surface area contributed by atoms with Crippen LogP contribution >= 0.6 is 0 Å². The van der Waals surface area contributed by atoms with Crippen molar-refractivity contribution >= 4 is 17.5 Å². The van der Waals surface area contributed by atoms with E-state index in [1.54, 1.807) is 0 Å². The number of ether oxygens (including phenoxy) is 5. The monoisotopic (exact) mass is 1410 g/mol. The molecular weight excluding hydrogens is 1320 g/mol. The quantitative estimate of drug-likeness (QED) is 0.0519. The highest BCUT2D eigenvalue weighted by Gasteiger charge is 2.62. The first kappa shape index (κ1) is 71.4. The van der Waals surface area contributed by atoms with Gasteiger partial charge in [0.25, 0.3) is 0 Å². The summed E-state index contributed by atoms with van der Waals surface area (Å²) >= 11 is 0. The number of pyridine rings is 3. The molecular formula is C70H92F9N15O6. The Balaban J connectivity index is 0.000000134. The standard InChI is InChI=1S/C24H32F3N5O2.2C23H30F3N5O2/c1-13(2)32-19(10-18(30-32)14-7-20(34-23(25)26)22(28)29-11-14)21-16-8-15(9-17(16)21)31-5-3-24(27,12-31)4-6-33;2*1-12(2)31-19(8-18(29-31)13-5-20(33-23(25)26)22(27)28-9-13)21-16-6-15(7-17(16)21)30-3-4-32-11-14(24)10-30/h7,10-11,13,15-17,21,23,33H,3-6,8-9,12H2,1-2H3,(H2,28,29);2*5,8-9,12,14-17,21,23H,3-4,6-7,10-11H2,1-2H3,(H2,27,28)/t15?,16-,17+,21?,24?;2*14?,15?,16-,17+,21?. The van der Waals surface area contributed by atoms with Gasteiger partial charge in [-0.3, -0.25) is 28.7 Å². The van der Waals surface area contributed by atoms with Crippen LogP contribution in [-0.4, -0.2) is 192 Å². The minimum Gasteiger partial charge on any atom is -0.431 e. The van der Waals surface area contributed by atoms with Crippen molar-refractivity contribution in [2.45, 2.75) is 185 Å². The molecule has 0 aromatic carbocycles. The van der Waals surface area contributed by atoms with Crippen LogP contribution in [0.4, 0.5) is 57.0 Å². The number of fused-ring (bicyclic) bond motifs is 3. The second kappa shape index (κ2) is 29.4. The van der Waals surface area contributed by atoms with Crippen LogP contribution in [0, 0.1) is 35.5 Å². The molecule has 15 rings (SSSR count). The van der Waals surface area contributed by atoms with E-state index in [-0.39, 0.29) is 79.1 Å². The summed E-state index contributed by atoms with van der Waals surface area (Å²) in [7, 11) is 0. The van der Waals surface area contributed by atoms with Gasteiger partial charge in [-0.25, -0.2) is 28.1 Å². The van der Waals surface area contributed by atoms with Gasteiger partial charge < -0.3 is 46.0 Å². The number of rotatable bonds is 20. The predicted molar refractivity (Wildman–Crippen MR) is 355 cm³/mol. The van der Waals surface area contributed by atoms with Crippen molar-refractivity contribution in [2.24, 2.45) is 35.5 Å². The van der Waals surface area contributed by atoms with Crippen LogP contribution in [0.25, 0.3) is 33.8 Å². The summed E-state index contributed by atoms with van der Waals surface area (Å²) < 4.78 is 149. The molecule has 100 heavy (non-hydrogen) atoms. The number of halogens is 9. The normalized spacial score (nSPS) is 30.3. The van der Waals surface area contributed by atoms with E-state index in [9.17, 15) is 39.5 Å². The number of nitrogens with zero attached hydrogens (tertiary/aromatic N) is 12. The smallest absolute Gasteiger partial charge is 0.387 e. The van der Waals surface area contributed by atoms with Gasteiger partial charge >= 0.3 is 19.8 Å². The molecule has 0 amide bonds. The Labute approximate surface area is 575 Å². The molecule has 30 heteroatoms. The Morgan fingerprint density at radius 2 is 0.820 bits per heavy atom. The van der Waals surface area contributed by atoms with E-state index in [1.807, 2.05) is 32.2 Å². The number of hydrogen-bond acceptors (Lipinski definition) is 18. The third-order valence-electron chi connectivity index (χ3n) is 22.2. The minimum absolute atomic E-state index is 0.0836. The number of hydrogen-bond donors (Lipinski definition) is 4. The highest BCUT2D eigenvalue weighted by atomic mass is 19.3. The summed E-state index contributed by atoms with van der Waals surface area (Å²) in [6.07, 6.45) is 9.75. The number of nitrogens with two attached hydrogens (primary N) is 3. The van der Waals surface area contributed by atoms with Crippen LogP contribution in [0.15, 0.2) is 55.0 Å². The van der Waals surface area contributed by atoms with Gasteiger partial charge in [0.2, 0.25) is 0 Å². The Bertz CT molecular complexity index is 3610. The van der Waals surface area contributed by atoms with Crippen molar-refractivity contribution in [2.75, 3.05) is 89.5 Å². The Morgan fingerprint density at radius 3 is 1.12 bits per heavy atom. The molecule has 6 aromatic rings. The summed E-state index contributed by atoms with van der Waals surface area (Å²) in [5.74, 6) is 3.82. The fraction of sp³-hybridized carbons (Fsp3) is 0.657. The maximum Gasteiger partial charge on any atom is 0.387 e. The molecule has 3 saturated heterocycles. The lowest BCUT2D eigenvalue weighted by Crippen LogP contribution is -2.39. The van der Waals surface area contributed by atoms with Crippen molar-refractivity contribution in [3.63, 3.8) is 0 Å². The molecule has 15 atom stereocenters. The number of aliphatic hydroxyl groups is 1. The van der Waals surface area contributed by atoms with Gasteiger partial charge in [0.05, 0.1) is 43.5 Å². The van der Waals surface area contributed by atoms with Crippen LogP contribution < -0.4 is 31.4 Å². The fourth-order valence-electron chi connectivity index (χ4n) is 17.5. The van der Waals surface area contributed by atoms with E-state index in [0.717, 1.165) is 75.2 Å². The molecule has 7 N–H and O–H groups in total. The molecule has 9 fully saturated rings. The summed E-state index contributed by atoms with van der Waals surface area (Å²) in [6.45, 7) is 8.63. The number of nitrogen functional groups attached to an aromatic ring is 3. The second-order valence-corrected chi connectivity index (χ2v) is 29.6. The summed E-state index contributed by atoms with van der Waals surface area (Å²) in [4.78, 5) is 18.8. The maximum atomic E-state index is 14.8. The molecule has 6 saturated carbocycles. The molecule has 3 aliphatic heterocycles. The molecule has 9 aliphatic rings. The van der Waals surface area contributed by atoms with Crippen LogP contribution in [0.1, 0.15) is 146 Å². The molecule has 6 aromatic heterocycles. The van der Waals surface area contributed by atoms with E-state index in [4.69, 9.17) is 47.1 Å². The van der Waals surface area contributed by atoms with Gasteiger partial charge in [-0.1, -0.05) is 0 Å². The van der Waals surface area contributed by atoms with Gasteiger partial charge in [0.15, 0.2) is 34.7 Å². The Kier molecular flexibility index (Phi) is 21.0. The molecule has 0 spiro atoms. The summed E-state index contributed by atoms with van der Waals surface area (Å²) in [6, 6.07) is 12.1. The number of likely N-dealkylation sites (tertiary alicyclic amines) is 1. The minimum atomic E-state index is -2.98. The van der Waals surface area contributed by atoms with Gasteiger partial charge in [0, 0.05) is 159 Å². The van der Waals surface area contributed by atoms with Crippen molar-refractivity contribution in [1.29, 1.82) is 0 Å². The lowest BCUT2D eigenvalue weighted by Gasteiger charge is -2.29. The number of anilines is 3. The van der Waals surface area contributed by atoms with E-state index in [1.165, 1.54) is 36.8 Å². The second-order valence-electron chi connectivity index (χ2n) is 29.6. The third-order valence-corrected chi connectivity index (χ3v) is 22.2. The molecule has 21 nitrogen and oxygen atoms in total. The number of aliphatic hydroxyl groups excluding tert-OH is 1. The molecule has 9 heterocycles. The first-order valence-corrected chi connectivity index (χ1v) is 35.2. The largest absolute Gasteiger partial charge is 0.431 e. The van der Waals surface area contributed by atoms with Crippen molar-refractivity contribution in [1.82, 2.24) is 59.0 Å². The Hall–Kier alpha value is -6.99. The van der Waals surface area contributed by atoms with Crippen molar-refractivity contribution < 1.29 is 68.3 Å². The van der Waals surface area contributed by atoms with Crippen molar-refractivity contribution in [3.8, 4) is 51.0 Å². The maximum absolute atomic E-state index is 14.8. The van der Waals surface area contributed by atoms with E-state index in [2.05, 4.69) is 85.4 Å². The summed E-state index contributed by atoms with van der Waals surface area (Å²) in [5, 5.41) is 23.5. The predicted octanol–water partition coefficient (Wildman–Crippen LogP) is 11.7. The topological polar surface area (TPSA) is 246 Å². The van der Waals surface area contributed by atoms with Gasteiger partial charge in [-0.05, 0) is 158 Å². The SMILES string of the molecule is CC(C)n1nc(-c2cnc(N)c(OC(F)F)c2)cc1C1[C@H]2CC(N3CCC(F)(CCO)C3)C[C@@H]12.CC(C)n1nc(-c2cnc(N)c(OC(F)F)c2)cc1C1[C@H]2CC(N3CCOCC(F)C3)C[C@@H]12.CC(C)n1nc(-c2cnc(N)c(OC(F)F)c2)cc1C1[C@H]2CC(N3CCOCC(F)C3)C[C@@H]12. The molecule has 546 valence electrons. The zero-order chi connectivity index (χ0) is 70.7. The molecule has 0 radical (unpaired) electrons. The fourth-order valence-corrected chi connectivity index (χ4v) is 17.5. The average Bonchev–Trinajstić information content (AvgIpc) is 1.57. The number of aromatic nitrogens is 9. The Morgan fingerprint density at radius 1 is 0.500 bits per heavy atom. The van der Waals surface area contributed by atoms with Gasteiger partial charge in [-0.15, -0.1) is 0 Å². The molecule has 9 unspecified atom stereocenters. The lowest BCUT2D eigenvalue weighted by molar-refractivity contribution is -0.0501. The van der Waals surface area contributed by atoms with Crippen LogP contribution in [0.2, 0.25) is 0 Å². The van der Waals surface area contributed by atoms with E-state index in [0.29, 0.717) is 144 Å². The third kappa shape index (κ3) is 15.4. The van der Waals surface area contributed by atoms with Gasteiger partial charge in [0.1, 0.15) is 18.0 Å². The lowest BCUT2D eigenvalue weighted by atomic mass is 10.0. The highest BCUT2D eigenvalue weighted by Crippen LogP contribution is 2.67. The van der Waals surface area contributed by atoms with Crippen LogP contribution in [-0.2, 0) is 9.47 Å². The van der Waals surface area contributed by atoms with Crippen LogP contribution in [0.5, 0.6) is 17.2 Å². The van der Waals surface area contributed by atoms with E-state index >= 15 is 0 Å². The average molecular weight is 1410 g/mol. The first-order chi connectivity index (χ1) is 47.8. The van der Waals surface area contributed by atoms with Gasteiger partial charge in [-0.2, -0.15) is 41.6 Å². The summed E-state index contributed by atoms with van der Waals surface area (Å²) in [5.41, 5.74) is 23.0. The zero-order valence-corrected chi connectivity index (χ0v) is 57.2. The molecule has 0 bridgehead atoms. The van der Waals surface area contributed by atoms with Crippen molar-refractivity contribution in [3.05, 3.63) is 72.1 Å².